The van der Waals surface area contributed by atoms with E-state index in [0.29, 0.717) is 13.1 Å². The van der Waals surface area contributed by atoms with Gasteiger partial charge in [-0.2, -0.15) is 0 Å². The number of aliphatic hydroxyl groups is 1. The number of aliphatic hydroxyl groups excluding tert-OH is 1. The summed E-state index contributed by atoms with van der Waals surface area (Å²) in [6.07, 6.45) is 0.724. The third-order valence-corrected chi connectivity index (χ3v) is 4.09. The van der Waals surface area contributed by atoms with E-state index in [1.54, 1.807) is 13.0 Å². The molecule has 0 heterocycles. The maximum absolute atomic E-state index is 13.3. The molecular formula is C19H29FN2O3. The number of nitrogens with one attached hydrogen (secondary N) is 1. The van der Waals surface area contributed by atoms with Crippen LogP contribution in [0.2, 0.25) is 0 Å². The minimum Gasteiger partial charge on any atom is -0.444 e. The topological polar surface area (TPSA) is 61.8 Å². The zero-order valence-corrected chi connectivity index (χ0v) is 15.5. The molecule has 1 amide bonds. The summed E-state index contributed by atoms with van der Waals surface area (Å²) in [6.45, 7) is 8.34. The number of hydrogen-bond acceptors (Lipinski definition) is 4. The Morgan fingerprint density at radius 2 is 2.20 bits per heavy atom. The molecular weight excluding hydrogens is 323 g/mol. The van der Waals surface area contributed by atoms with Crippen molar-refractivity contribution in [1.29, 1.82) is 0 Å². The monoisotopic (exact) mass is 352 g/mol. The summed E-state index contributed by atoms with van der Waals surface area (Å²) in [6, 6.07) is 5.08. The number of amides is 1. The van der Waals surface area contributed by atoms with Gasteiger partial charge < -0.3 is 20.1 Å². The molecule has 0 aromatic heterocycles. The zero-order valence-electron chi connectivity index (χ0n) is 15.5. The molecule has 0 radical (unpaired) electrons. The average molecular weight is 352 g/mol. The lowest BCUT2D eigenvalue weighted by atomic mass is 10.1. The second kappa shape index (κ2) is 8.15. The van der Waals surface area contributed by atoms with Gasteiger partial charge in [-0.3, -0.25) is 0 Å². The predicted octanol–water partition coefficient (Wildman–Crippen LogP) is 3.02. The summed E-state index contributed by atoms with van der Waals surface area (Å²) in [5.41, 5.74) is 1.60. The van der Waals surface area contributed by atoms with Crippen molar-refractivity contribution < 1.29 is 19.0 Å². The van der Waals surface area contributed by atoms with E-state index in [1.807, 2.05) is 26.8 Å². The second-order valence-electron chi connectivity index (χ2n) is 7.66. The lowest BCUT2D eigenvalue weighted by molar-refractivity contribution is 0.0163. The Bertz CT molecular complexity index is 599. The van der Waals surface area contributed by atoms with Crippen molar-refractivity contribution in [1.82, 2.24) is 10.2 Å². The van der Waals surface area contributed by atoms with E-state index in [9.17, 15) is 14.3 Å². The Morgan fingerprint density at radius 3 is 2.84 bits per heavy atom. The minimum atomic E-state index is -0.622. The molecule has 0 bridgehead atoms. The van der Waals surface area contributed by atoms with Gasteiger partial charge in [-0.1, -0.05) is 6.07 Å². The van der Waals surface area contributed by atoms with Crippen LogP contribution in [-0.2, 0) is 11.2 Å². The van der Waals surface area contributed by atoms with Crippen molar-refractivity contribution in [3.8, 4) is 0 Å². The summed E-state index contributed by atoms with van der Waals surface area (Å²) < 4.78 is 18.7. The van der Waals surface area contributed by atoms with Gasteiger partial charge in [0.1, 0.15) is 11.4 Å². The Hall–Kier alpha value is -1.66. The second-order valence-corrected chi connectivity index (χ2v) is 7.66. The average Bonchev–Trinajstić information content (AvgIpc) is 2.86. The molecule has 5 nitrogen and oxygen atoms in total. The summed E-state index contributed by atoms with van der Waals surface area (Å²) in [5, 5.41) is 13.1. The summed E-state index contributed by atoms with van der Waals surface area (Å²) in [5.74, 6) is -0.201. The molecule has 0 spiro atoms. The minimum absolute atomic E-state index is 0.169. The van der Waals surface area contributed by atoms with E-state index in [-0.39, 0.29) is 18.4 Å². The standard InChI is InChI=1S/C19H29FN2O3/c1-13(23)12-22(18(24)25-19(2,3)4)10-9-21-17-8-5-14-11-15(20)6-7-16(14)17/h6-7,11,13,17,21,23H,5,8-10,12H2,1-4H3. The van der Waals surface area contributed by atoms with Gasteiger partial charge in [0.05, 0.1) is 6.10 Å². The number of nitrogens with zero attached hydrogens (tertiary/aromatic N) is 1. The van der Waals surface area contributed by atoms with Gasteiger partial charge in [0.2, 0.25) is 0 Å². The smallest absolute Gasteiger partial charge is 0.410 e. The molecule has 2 unspecified atom stereocenters. The number of halogens is 1. The van der Waals surface area contributed by atoms with Crippen LogP contribution in [0.5, 0.6) is 0 Å². The summed E-state index contributed by atoms with van der Waals surface area (Å²) in [7, 11) is 0. The molecule has 0 saturated heterocycles. The SMILES string of the molecule is CC(O)CN(CCNC1CCc2cc(F)ccc21)C(=O)OC(C)(C)C. The third-order valence-electron chi connectivity index (χ3n) is 4.09. The highest BCUT2D eigenvalue weighted by atomic mass is 19.1. The van der Waals surface area contributed by atoms with Gasteiger partial charge in [0.25, 0.3) is 0 Å². The fraction of sp³-hybridized carbons (Fsp3) is 0.632. The molecule has 2 atom stereocenters. The van der Waals surface area contributed by atoms with Crippen molar-refractivity contribution in [3.63, 3.8) is 0 Å². The largest absolute Gasteiger partial charge is 0.444 e. The molecule has 2 N–H and O–H groups in total. The molecule has 0 aliphatic heterocycles. The Labute approximate surface area is 149 Å². The molecule has 0 saturated carbocycles. The lowest BCUT2D eigenvalue weighted by Gasteiger charge is -2.28. The number of aryl methyl sites for hydroxylation is 1. The molecule has 2 rings (SSSR count). The quantitative estimate of drug-likeness (QED) is 0.826. The zero-order chi connectivity index (χ0) is 18.6. The van der Waals surface area contributed by atoms with Crippen LogP contribution in [0, 0.1) is 5.82 Å². The number of hydrogen-bond donors (Lipinski definition) is 2. The van der Waals surface area contributed by atoms with Crippen molar-refractivity contribution in [2.75, 3.05) is 19.6 Å². The van der Waals surface area contributed by atoms with Crippen LogP contribution < -0.4 is 5.32 Å². The third kappa shape index (κ3) is 5.97. The molecule has 1 aliphatic rings. The molecule has 140 valence electrons. The summed E-state index contributed by atoms with van der Waals surface area (Å²) in [4.78, 5) is 13.8. The lowest BCUT2D eigenvalue weighted by Crippen LogP contribution is -2.43. The highest BCUT2D eigenvalue weighted by Crippen LogP contribution is 2.31. The Balaban J connectivity index is 1.90. The van der Waals surface area contributed by atoms with Crippen LogP contribution in [0.3, 0.4) is 0 Å². The van der Waals surface area contributed by atoms with Gasteiger partial charge >= 0.3 is 6.09 Å². The van der Waals surface area contributed by atoms with Crippen molar-refractivity contribution >= 4 is 6.09 Å². The fourth-order valence-corrected chi connectivity index (χ4v) is 3.07. The molecule has 0 fully saturated rings. The highest BCUT2D eigenvalue weighted by molar-refractivity contribution is 5.68. The van der Waals surface area contributed by atoms with Crippen LogP contribution in [-0.4, -0.2) is 47.4 Å². The van der Waals surface area contributed by atoms with E-state index < -0.39 is 17.8 Å². The van der Waals surface area contributed by atoms with E-state index in [0.717, 1.165) is 24.0 Å². The maximum atomic E-state index is 13.3. The predicted molar refractivity (Wildman–Crippen MR) is 95.0 cm³/mol. The van der Waals surface area contributed by atoms with Gasteiger partial charge in [-0.15, -0.1) is 0 Å². The van der Waals surface area contributed by atoms with Crippen LogP contribution in [0.1, 0.15) is 51.3 Å². The number of ether oxygens (including phenoxy) is 1. The Kier molecular flexibility index (Phi) is 6.41. The Morgan fingerprint density at radius 1 is 1.48 bits per heavy atom. The number of rotatable bonds is 6. The van der Waals surface area contributed by atoms with Crippen molar-refractivity contribution in [2.24, 2.45) is 0 Å². The van der Waals surface area contributed by atoms with Gasteiger partial charge in [0.15, 0.2) is 0 Å². The first kappa shape index (κ1) is 19.7. The number of benzene rings is 1. The van der Waals surface area contributed by atoms with E-state index in [4.69, 9.17) is 4.74 Å². The van der Waals surface area contributed by atoms with E-state index in [1.165, 1.54) is 11.0 Å². The number of carbonyl (C=O) groups excluding carboxylic acids is 1. The van der Waals surface area contributed by atoms with Crippen LogP contribution >= 0.6 is 0 Å². The van der Waals surface area contributed by atoms with Gasteiger partial charge in [-0.25, -0.2) is 9.18 Å². The molecule has 1 aromatic rings. The molecule has 1 aromatic carbocycles. The van der Waals surface area contributed by atoms with E-state index >= 15 is 0 Å². The number of carbonyl (C=O) groups is 1. The van der Waals surface area contributed by atoms with Gasteiger partial charge in [-0.05, 0) is 63.8 Å². The molecule has 1 aliphatic carbocycles. The first-order valence-electron chi connectivity index (χ1n) is 8.83. The van der Waals surface area contributed by atoms with Crippen molar-refractivity contribution in [3.05, 3.63) is 35.1 Å². The summed E-state index contributed by atoms with van der Waals surface area (Å²) >= 11 is 0. The molecule has 25 heavy (non-hydrogen) atoms. The van der Waals surface area contributed by atoms with Gasteiger partial charge in [0, 0.05) is 25.7 Å². The maximum Gasteiger partial charge on any atom is 0.410 e. The number of fused-ring (bicyclic) bond motifs is 1. The first-order chi connectivity index (χ1) is 11.7. The van der Waals surface area contributed by atoms with Crippen LogP contribution in [0.4, 0.5) is 9.18 Å². The fourth-order valence-electron chi connectivity index (χ4n) is 3.07. The molecule has 6 heteroatoms. The first-order valence-corrected chi connectivity index (χ1v) is 8.83. The van der Waals surface area contributed by atoms with Crippen LogP contribution in [0.15, 0.2) is 18.2 Å². The van der Waals surface area contributed by atoms with Crippen LogP contribution in [0.25, 0.3) is 0 Å². The van der Waals surface area contributed by atoms with E-state index in [2.05, 4.69) is 5.32 Å². The highest BCUT2D eigenvalue weighted by Gasteiger charge is 2.25. The van der Waals surface area contributed by atoms with Crippen molar-refractivity contribution in [2.45, 2.75) is 58.3 Å². The normalized spacial score (nSPS) is 17.9.